The van der Waals surface area contributed by atoms with Crippen molar-refractivity contribution in [1.29, 1.82) is 0 Å². The maximum Gasteiger partial charge on any atom is 0.138 e. The molecule has 0 fully saturated rings. The summed E-state index contributed by atoms with van der Waals surface area (Å²) in [6, 6.07) is 5.90. The predicted octanol–water partition coefficient (Wildman–Crippen LogP) is 5.69. The molecule has 0 aliphatic rings. The zero-order valence-electron chi connectivity index (χ0n) is 11.8. The fourth-order valence-corrected chi connectivity index (χ4v) is 2.40. The van der Waals surface area contributed by atoms with E-state index in [0.29, 0.717) is 5.02 Å². The van der Waals surface area contributed by atoms with E-state index in [1.165, 1.54) is 44.1 Å². The van der Waals surface area contributed by atoms with Gasteiger partial charge in [-0.25, -0.2) is 0 Å². The number of rotatable bonds is 10. The third-order valence-electron chi connectivity index (χ3n) is 3.15. The second-order valence-corrected chi connectivity index (χ2v) is 5.84. The quantitative estimate of drug-likeness (QED) is 0.431. The van der Waals surface area contributed by atoms with E-state index >= 15 is 0 Å². The molecule has 1 aromatic rings. The Bertz CT molecular complexity index is 355. The maximum absolute atomic E-state index is 6.08. The molecule has 1 aromatic carbocycles. The van der Waals surface area contributed by atoms with Crippen molar-refractivity contribution in [2.75, 3.05) is 12.4 Å². The van der Waals surface area contributed by atoms with Crippen molar-refractivity contribution >= 4 is 24.2 Å². The lowest BCUT2D eigenvalue weighted by molar-refractivity contribution is 0.304. The number of ether oxygens (including phenoxy) is 1. The van der Waals surface area contributed by atoms with Gasteiger partial charge in [-0.3, -0.25) is 0 Å². The lowest BCUT2D eigenvalue weighted by atomic mass is 10.1. The van der Waals surface area contributed by atoms with Gasteiger partial charge in [-0.1, -0.05) is 49.8 Å². The van der Waals surface area contributed by atoms with Gasteiger partial charge in [0, 0.05) is 0 Å². The average Bonchev–Trinajstić information content (AvgIpc) is 2.40. The molecule has 0 bridgehead atoms. The first-order valence-corrected chi connectivity index (χ1v) is 8.25. The summed E-state index contributed by atoms with van der Waals surface area (Å²) in [5, 5.41) is 0.706. The molecule has 1 nitrogen and oxygen atoms in total. The van der Waals surface area contributed by atoms with E-state index < -0.39 is 0 Å². The number of unbranched alkanes of at least 4 members (excludes halogenated alkanes) is 6. The number of aryl methyl sites for hydroxylation is 1. The monoisotopic (exact) mass is 300 g/mol. The molecule has 0 spiro atoms. The van der Waals surface area contributed by atoms with Gasteiger partial charge in [0.2, 0.25) is 0 Å². The van der Waals surface area contributed by atoms with Crippen LogP contribution in [0.25, 0.3) is 0 Å². The molecule has 0 heterocycles. The van der Waals surface area contributed by atoms with E-state index in [0.717, 1.165) is 24.5 Å². The van der Waals surface area contributed by atoms with Crippen molar-refractivity contribution in [1.82, 2.24) is 0 Å². The Balaban J connectivity index is 2.03. The molecular formula is C16H25ClOS. The fraction of sp³-hybridized carbons (Fsp3) is 0.625. The van der Waals surface area contributed by atoms with E-state index in [1.807, 2.05) is 25.1 Å². The highest BCUT2D eigenvalue weighted by molar-refractivity contribution is 7.80. The smallest absolute Gasteiger partial charge is 0.138 e. The number of halogens is 1. The lowest BCUT2D eigenvalue weighted by Gasteiger charge is -2.08. The number of hydrogen-bond acceptors (Lipinski definition) is 2. The zero-order valence-corrected chi connectivity index (χ0v) is 13.5. The van der Waals surface area contributed by atoms with Gasteiger partial charge < -0.3 is 4.74 Å². The largest absolute Gasteiger partial charge is 0.492 e. The molecule has 108 valence electrons. The van der Waals surface area contributed by atoms with Crippen LogP contribution in [-0.2, 0) is 0 Å². The summed E-state index contributed by atoms with van der Waals surface area (Å²) in [4.78, 5) is 0. The van der Waals surface area contributed by atoms with Crippen LogP contribution in [0.4, 0.5) is 0 Å². The van der Waals surface area contributed by atoms with Crippen molar-refractivity contribution in [3.63, 3.8) is 0 Å². The van der Waals surface area contributed by atoms with Crippen LogP contribution in [0.5, 0.6) is 5.75 Å². The Labute approximate surface area is 128 Å². The number of thiol groups is 1. The topological polar surface area (TPSA) is 9.23 Å². The standard InChI is InChI=1S/C16H25ClOS/c1-14-9-10-15(17)16(13-14)18-11-7-5-3-2-4-6-8-12-19/h9-10,13,19H,2-8,11-12H2,1H3. The van der Waals surface area contributed by atoms with Gasteiger partial charge in [0.25, 0.3) is 0 Å². The lowest BCUT2D eigenvalue weighted by Crippen LogP contribution is -1.98. The molecule has 0 aliphatic carbocycles. The SMILES string of the molecule is Cc1ccc(Cl)c(OCCCCCCCCCS)c1. The van der Waals surface area contributed by atoms with E-state index in [2.05, 4.69) is 12.6 Å². The molecule has 3 heteroatoms. The molecule has 0 aliphatic heterocycles. The zero-order chi connectivity index (χ0) is 13.9. The Hall–Kier alpha value is -0.340. The van der Waals surface area contributed by atoms with Crippen molar-refractivity contribution in [3.8, 4) is 5.75 Å². The minimum Gasteiger partial charge on any atom is -0.492 e. The van der Waals surface area contributed by atoms with Crippen LogP contribution >= 0.6 is 24.2 Å². The molecule has 0 radical (unpaired) electrons. The van der Waals surface area contributed by atoms with Crippen LogP contribution in [0.3, 0.4) is 0 Å². The minimum absolute atomic E-state index is 0.706. The van der Waals surface area contributed by atoms with Gasteiger partial charge in [0.1, 0.15) is 5.75 Å². The first-order valence-electron chi connectivity index (χ1n) is 7.24. The van der Waals surface area contributed by atoms with Crippen molar-refractivity contribution in [2.24, 2.45) is 0 Å². The van der Waals surface area contributed by atoms with E-state index in [1.54, 1.807) is 0 Å². The summed E-state index contributed by atoms with van der Waals surface area (Å²) in [5.74, 6) is 1.83. The third kappa shape index (κ3) is 7.74. The molecular weight excluding hydrogens is 276 g/mol. The minimum atomic E-state index is 0.706. The van der Waals surface area contributed by atoms with Gasteiger partial charge in [-0.15, -0.1) is 0 Å². The van der Waals surface area contributed by atoms with Crippen LogP contribution in [0.1, 0.15) is 50.5 Å². The summed E-state index contributed by atoms with van der Waals surface area (Å²) < 4.78 is 5.72. The average molecular weight is 301 g/mol. The summed E-state index contributed by atoms with van der Waals surface area (Å²) in [6.07, 6.45) is 8.89. The molecule has 0 N–H and O–H groups in total. The molecule has 0 saturated heterocycles. The molecule has 0 amide bonds. The van der Waals surface area contributed by atoms with Gasteiger partial charge in [-0.05, 0) is 43.2 Å². The van der Waals surface area contributed by atoms with E-state index in [4.69, 9.17) is 16.3 Å². The predicted molar refractivity (Wildman–Crippen MR) is 87.9 cm³/mol. The molecule has 0 atom stereocenters. The summed E-state index contributed by atoms with van der Waals surface area (Å²) >= 11 is 10.3. The molecule has 0 saturated carbocycles. The highest BCUT2D eigenvalue weighted by Gasteiger charge is 2.01. The van der Waals surface area contributed by atoms with Crippen molar-refractivity contribution in [3.05, 3.63) is 28.8 Å². The second-order valence-electron chi connectivity index (χ2n) is 4.98. The van der Waals surface area contributed by atoms with Gasteiger partial charge in [-0.2, -0.15) is 12.6 Å². The van der Waals surface area contributed by atoms with Crippen molar-refractivity contribution < 1.29 is 4.74 Å². The third-order valence-corrected chi connectivity index (χ3v) is 3.78. The van der Waals surface area contributed by atoms with Gasteiger partial charge in [0.15, 0.2) is 0 Å². The Kier molecular flexibility index (Phi) is 9.19. The number of benzene rings is 1. The normalized spacial score (nSPS) is 10.7. The van der Waals surface area contributed by atoms with Crippen LogP contribution in [0, 0.1) is 6.92 Å². The molecule has 0 aromatic heterocycles. The Morgan fingerprint density at radius 3 is 2.32 bits per heavy atom. The van der Waals surface area contributed by atoms with E-state index in [-0.39, 0.29) is 0 Å². The second kappa shape index (κ2) is 10.4. The summed E-state index contributed by atoms with van der Waals surface area (Å²) in [5.41, 5.74) is 1.18. The fourth-order valence-electron chi connectivity index (χ4n) is 2.00. The van der Waals surface area contributed by atoms with Gasteiger partial charge in [0.05, 0.1) is 11.6 Å². The maximum atomic E-state index is 6.08. The van der Waals surface area contributed by atoms with Gasteiger partial charge >= 0.3 is 0 Å². The summed E-state index contributed by atoms with van der Waals surface area (Å²) in [7, 11) is 0. The highest BCUT2D eigenvalue weighted by atomic mass is 35.5. The van der Waals surface area contributed by atoms with E-state index in [9.17, 15) is 0 Å². The molecule has 0 unspecified atom stereocenters. The highest BCUT2D eigenvalue weighted by Crippen LogP contribution is 2.25. The Morgan fingerprint density at radius 1 is 1.00 bits per heavy atom. The summed E-state index contributed by atoms with van der Waals surface area (Å²) in [6.45, 7) is 2.81. The first kappa shape index (κ1) is 16.7. The van der Waals surface area contributed by atoms with Crippen LogP contribution < -0.4 is 4.74 Å². The van der Waals surface area contributed by atoms with Crippen LogP contribution in [0.2, 0.25) is 5.02 Å². The molecule has 19 heavy (non-hydrogen) atoms. The van der Waals surface area contributed by atoms with Crippen LogP contribution in [-0.4, -0.2) is 12.4 Å². The first-order chi connectivity index (χ1) is 9.24. The van der Waals surface area contributed by atoms with Crippen LogP contribution in [0.15, 0.2) is 18.2 Å². The molecule has 1 rings (SSSR count). The number of hydrogen-bond donors (Lipinski definition) is 1. The van der Waals surface area contributed by atoms with Crippen molar-refractivity contribution in [2.45, 2.75) is 51.9 Å². The Morgan fingerprint density at radius 2 is 1.63 bits per heavy atom.